The van der Waals surface area contributed by atoms with Gasteiger partial charge in [0.1, 0.15) is 12.4 Å². The molecule has 0 aromatic heterocycles. The van der Waals surface area contributed by atoms with Crippen LogP contribution in [0.1, 0.15) is 31.2 Å². The SMILES string of the molecule is C=CCOc1ccccc1CNC1CCCCC1O. The number of aliphatic hydroxyl groups is 1. The first-order valence-electron chi connectivity index (χ1n) is 7.04. The summed E-state index contributed by atoms with van der Waals surface area (Å²) in [7, 11) is 0. The maximum absolute atomic E-state index is 9.95. The van der Waals surface area contributed by atoms with Gasteiger partial charge in [-0.05, 0) is 18.9 Å². The largest absolute Gasteiger partial charge is 0.489 e. The predicted molar refractivity (Wildman–Crippen MR) is 77.2 cm³/mol. The van der Waals surface area contributed by atoms with Crippen molar-refractivity contribution in [3.05, 3.63) is 42.5 Å². The molecule has 0 spiro atoms. The molecule has 19 heavy (non-hydrogen) atoms. The van der Waals surface area contributed by atoms with E-state index in [0.29, 0.717) is 6.61 Å². The second-order valence-electron chi connectivity index (χ2n) is 5.05. The second kappa shape index (κ2) is 7.31. The molecule has 3 nitrogen and oxygen atoms in total. The van der Waals surface area contributed by atoms with E-state index in [-0.39, 0.29) is 12.1 Å². The molecule has 1 aromatic carbocycles. The Balaban J connectivity index is 1.92. The van der Waals surface area contributed by atoms with E-state index >= 15 is 0 Å². The van der Waals surface area contributed by atoms with Crippen LogP contribution in [0.3, 0.4) is 0 Å². The fourth-order valence-electron chi connectivity index (χ4n) is 2.53. The predicted octanol–water partition coefficient (Wildman–Crippen LogP) is 2.64. The minimum absolute atomic E-state index is 0.209. The Kier molecular flexibility index (Phi) is 5.43. The fourth-order valence-corrected chi connectivity index (χ4v) is 2.53. The number of aliphatic hydroxyl groups excluding tert-OH is 1. The van der Waals surface area contributed by atoms with E-state index in [0.717, 1.165) is 37.1 Å². The summed E-state index contributed by atoms with van der Waals surface area (Å²) in [4.78, 5) is 0. The molecular formula is C16H23NO2. The van der Waals surface area contributed by atoms with Crippen LogP contribution in [-0.4, -0.2) is 23.9 Å². The van der Waals surface area contributed by atoms with Crippen LogP contribution < -0.4 is 10.1 Å². The topological polar surface area (TPSA) is 41.5 Å². The first-order chi connectivity index (χ1) is 9.31. The number of para-hydroxylation sites is 1. The Bertz CT molecular complexity index is 405. The van der Waals surface area contributed by atoms with Crippen molar-refractivity contribution in [1.82, 2.24) is 5.32 Å². The van der Waals surface area contributed by atoms with Gasteiger partial charge in [-0.1, -0.05) is 43.7 Å². The van der Waals surface area contributed by atoms with Gasteiger partial charge in [0.05, 0.1) is 6.10 Å². The molecule has 0 bridgehead atoms. The van der Waals surface area contributed by atoms with Gasteiger partial charge in [0, 0.05) is 18.2 Å². The summed E-state index contributed by atoms with van der Waals surface area (Å²) in [6.45, 7) is 4.91. The van der Waals surface area contributed by atoms with Crippen LogP contribution in [0.15, 0.2) is 36.9 Å². The number of hydrogen-bond donors (Lipinski definition) is 2. The van der Waals surface area contributed by atoms with Crippen molar-refractivity contribution >= 4 is 0 Å². The van der Waals surface area contributed by atoms with E-state index in [1.807, 2.05) is 18.2 Å². The Morgan fingerprint density at radius 1 is 1.32 bits per heavy atom. The van der Waals surface area contributed by atoms with E-state index in [4.69, 9.17) is 4.74 Å². The van der Waals surface area contributed by atoms with Crippen molar-refractivity contribution < 1.29 is 9.84 Å². The average molecular weight is 261 g/mol. The minimum atomic E-state index is -0.213. The van der Waals surface area contributed by atoms with Crippen molar-refractivity contribution in [3.63, 3.8) is 0 Å². The summed E-state index contributed by atoms with van der Waals surface area (Å²) < 4.78 is 5.63. The van der Waals surface area contributed by atoms with E-state index in [1.165, 1.54) is 6.42 Å². The fraction of sp³-hybridized carbons (Fsp3) is 0.500. The Hall–Kier alpha value is -1.32. The number of rotatable bonds is 6. The lowest BCUT2D eigenvalue weighted by Gasteiger charge is -2.28. The lowest BCUT2D eigenvalue weighted by molar-refractivity contribution is 0.0901. The summed E-state index contributed by atoms with van der Waals surface area (Å²) in [5.74, 6) is 0.889. The Morgan fingerprint density at radius 3 is 2.89 bits per heavy atom. The van der Waals surface area contributed by atoms with Crippen molar-refractivity contribution in [3.8, 4) is 5.75 Å². The van der Waals surface area contributed by atoms with E-state index in [1.54, 1.807) is 6.08 Å². The third-order valence-electron chi connectivity index (χ3n) is 3.61. The molecule has 1 fully saturated rings. The zero-order chi connectivity index (χ0) is 13.5. The summed E-state index contributed by atoms with van der Waals surface area (Å²) in [5.41, 5.74) is 1.13. The summed E-state index contributed by atoms with van der Waals surface area (Å²) in [6, 6.07) is 8.21. The quantitative estimate of drug-likeness (QED) is 0.774. The lowest BCUT2D eigenvalue weighted by Crippen LogP contribution is -2.41. The highest BCUT2D eigenvalue weighted by Gasteiger charge is 2.22. The van der Waals surface area contributed by atoms with Crippen LogP contribution in [-0.2, 0) is 6.54 Å². The molecule has 1 aromatic rings. The van der Waals surface area contributed by atoms with Crippen LogP contribution in [0.4, 0.5) is 0 Å². The van der Waals surface area contributed by atoms with E-state index in [9.17, 15) is 5.11 Å². The summed E-state index contributed by atoms with van der Waals surface area (Å²) in [6.07, 6.45) is 5.83. The van der Waals surface area contributed by atoms with Crippen LogP contribution in [0.2, 0.25) is 0 Å². The van der Waals surface area contributed by atoms with Crippen LogP contribution in [0, 0.1) is 0 Å². The van der Waals surface area contributed by atoms with Gasteiger partial charge in [0.15, 0.2) is 0 Å². The van der Waals surface area contributed by atoms with Crippen molar-refractivity contribution in [1.29, 1.82) is 0 Å². The van der Waals surface area contributed by atoms with E-state index < -0.39 is 0 Å². The number of benzene rings is 1. The third kappa shape index (κ3) is 4.08. The van der Waals surface area contributed by atoms with Crippen LogP contribution >= 0.6 is 0 Å². The standard InChI is InChI=1S/C16H23NO2/c1-2-11-19-16-10-6-3-7-13(16)12-17-14-8-4-5-9-15(14)18/h2-3,6-7,10,14-15,17-18H,1,4-5,8-9,11-12H2. The van der Waals surface area contributed by atoms with Gasteiger partial charge in [-0.3, -0.25) is 0 Å². The molecule has 1 saturated carbocycles. The smallest absolute Gasteiger partial charge is 0.124 e. The first-order valence-corrected chi connectivity index (χ1v) is 7.04. The number of ether oxygens (including phenoxy) is 1. The molecule has 0 heterocycles. The molecule has 1 aliphatic carbocycles. The lowest BCUT2D eigenvalue weighted by atomic mass is 9.92. The van der Waals surface area contributed by atoms with Crippen molar-refractivity contribution in [2.45, 2.75) is 44.4 Å². The molecular weight excluding hydrogens is 238 g/mol. The van der Waals surface area contributed by atoms with Gasteiger partial charge in [-0.2, -0.15) is 0 Å². The molecule has 0 amide bonds. The molecule has 0 saturated heterocycles. The van der Waals surface area contributed by atoms with Crippen molar-refractivity contribution in [2.75, 3.05) is 6.61 Å². The zero-order valence-electron chi connectivity index (χ0n) is 11.3. The molecule has 2 rings (SSSR count). The van der Waals surface area contributed by atoms with Crippen LogP contribution in [0.25, 0.3) is 0 Å². The number of nitrogens with one attached hydrogen (secondary N) is 1. The van der Waals surface area contributed by atoms with Gasteiger partial charge in [0.25, 0.3) is 0 Å². The van der Waals surface area contributed by atoms with E-state index in [2.05, 4.69) is 18.0 Å². The van der Waals surface area contributed by atoms with Crippen molar-refractivity contribution in [2.24, 2.45) is 0 Å². The maximum atomic E-state index is 9.95. The van der Waals surface area contributed by atoms with Gasteiger partial charge < -0.3 is 15.2 Å². The Labute approximate surface area is 115 Å². The minimum Gasteiger partial charge on any atom is -0.489 e. The Morgan fingerprint density at radius 2 is 2.11 bits per heavy atom. The molecule has 1 aliphatic rings. The zero-order valence-corrected chi connectivity index (χ0v) is 11.3. The molecule has 0 radical (unpaired) electrons. The first kappa shape index (κ1) is 14.1. The highest BCUT2D eigenvalue weighted by Crippen LogP contribution is 2.21. The van der Waals surface area contributed by atoms with Gasteiger partial charge in [0.2, 0.25) is 0 Å². The monoisotopic (exact) mass is 261 g/mol. The van der Waals surface area contributed by atoms with Crippen LogP contribution in [0.5, 0.6) is 5.75 Å². The normalized spacial score (nSPS) is 23.0. The highest BCUT2D eigenvalue weighted by atomic mass is 16.5. The highest BCUT2D eigenvalue weighted by molar-refractivity contribution is 5.33. The summed E-state index contributed by atoms with van der Waals surface area (Å²) in [5, 5.41) is 13.4. The second-order valence-corrected chi connectivity index (χ2v) is 5.05. The molecule has 3 heteroatoms. The summed E-state index contributed by atoms with van der Waals surface area (Å²) >= 11 is 0. The molecule has 104 valence electrons. The van der Waals surface area contributed by atoms with Gasteiger partial charge in [-0.15, -0.1) is 0 Å². The molecule has 0 aliphatic heterocycles. The molecule has 2 unspecified atom stereocenters. The van der Waals surface area contributed by atoms with Gasteiger partial charge >= 0.3 is 0 Å². The third-order valence-corrected chi connectivity index (χ3v) is 3.61. The van der Waals surface area contributed by atoms with Gasteiger partial charge in [-0.25, -0.2) is 0 Å². The average Bonchev–Trinajstić information content (AvgIpc) is 2.45. The molecule has 2 atom stereocenters. The maximum Gasteiger partial charge on any atom is 0.124 e. The number of hydrogen-bond acceptors (Lipinski definition) is 3. The molecule has 2 N–H and O–H groups in total.